The van der Waals surface area contributed by atoms with Crippen molar-refractivity contribution in [3.8, 4) is 0 Å². The van der Waals surface area contributed by atoms with E-state index in [0.717, 1.165) is 25.7 Å². The lowest BCUT2D eigenvalue weighted by molar-refractivity contribution is -0.138. The number of rotatable bonds is 3. The smallest absolute Gasteiger partial charge is 0.254 e. The molecule has 0 bridgehead atoms. The van der Waals surface area contributed by atoms with Crippen LogP contribution in [0.1, 0.15) is 60.2 Å². The van der Waals surface area contributed by atoms with E-state index in [4.69, 9.17) is 4.52 Å². The normalized spacial score (nSPS) is 21.0. The number of aromatic nitrogens is 3. The van der Waals surface area contributed by atoms with E-state index < -0.39 is 0 Å². The summed E-state index contributed by atoms with van der Waals surface area (Å²) in [5.41, 5.74) is 0.607. The van der Waals surface area contributed by atoms with Gasteiger partial charge >= 0.3 is 0 Å². The summed E-state index contributed by atoms with van der Waals surface area (Å²) >= 11 is 0. The molecule has 0 aromatic carbocycles. The molecule has 8 heteroatoms. The van der Waals surface area contributed by atoms with Gasteiger partial charge in [-0.1, -0.05) is 18.0 Å². The van der Waals surface area contributed by atoms with E-state index in [1.165, 1.54) is 0 Å². The molecule has 0 N–H and O–H groups in total. The van der Waals surface area contributed by atoms with Gasteiger partial charge in [-0.05, 0) is 38.3 Å². The van der Waals surface area contributed by atoms with Crippen molar-refractivity contribution in [2.24, 2.45) is 5.92 Å². The van der Waals surface area contributed by atoms with Crippen LogP contribution in [0.15, 0.2) is 29.0 Å². The minimum atomic E-state index is -0.287. The highest BCUT2D eigenvalue weighted by atomic mass is 16.5. The first-order chi connectivity index (χ1) is 13.6. The van der Waals surface area contributed by atoms with Gasteiger partial charge in [0.25, 0.3) is 5.91 Å². The molecule has 28 heavy (non-hydrogen) atoms. The van der Waals surface area contributed by atoms with Crippen LogP contribution in [0.5, 0.6) is 0 Å². The highest BCUT2D eigenvalue weighted by Crippen LogP contribution is 2.32. The summed E-state index contributed by atoms with van der Waals surface area (Å²) in [5.74, 6) is 1.18. The number of hydrogen-bond acceptors (Lipinski definition) is 6. The van der Waals surface area contributed by atoms with Crippen LogP contribution in [0, 0.1) is 12.8 Å². The van der Waals surface area contributed by atoms with Gasteiger partial charge in [0.2, 0.25) is 11.8 Å². The Morgan fingerprint density at radius 3 is 2.50 bits per heavy atom. The van der Waals surface area contributed by atoms with Crippen molar-refractivity contribution in [2.45, 2.75) is 45.1 Å². The zero-order valence-electron chi connectivity index (χ0n) is 16.1. The Hall–Kier alpha value is -2.77. The quantitative estimate of drug-likeness (QED) is 0.808. The van der Waals surface area contributed by atoms with Crippen molar-refractivity contribution < 1.29 is 14.1 Å². The van der Waals surface area contributed by atoms with Gasteiger partial charge in [-0.15, -0.1) is 0 Å². The number of amides is 2. The maximum atomic E-state index is 13.2. The Morgan fingerprint density at radius 2 is 1.82 bits per heavy atom. The molecule has 1 unspecified atom stereocenters. The fourth-order valence-corrected chi connectivity index (χ4v) is 4.19. The van der Waals surface area contributed by atoms with Gasteiger partial charge in [0, 0.05) is 43.5 Å². The summed E-state index contributed by atoms with van der Waals surface area (Å²) in [6.07, 6.45) is 7.88. The predicted octanol–water partition coefficient (Wildman–Crippen LogP) is 2.38. The second kappa shape index (κ2) is 8.08. The maximum absolute atomic E-state index is 13.2. The largest absolute Gasteiger partial charge is 0.337 e. The Bertz CT molecular complexity index is 831. The van der Waals surface area contributed by atoms with Crippen LogP contribution in [0.4, 0.5) is 0 Å². The highest BCUT2D eigenvalue weighted by Gasteiger charge is 2.37. The third kappa shape index (κ3) is 3.76. The van der Waals surface area contributed by atoms with Crippen molar-refractivity contribution in [3.63, 3.8) is 0 Å². The number of aryl methyl sites for hydroxylation is 1. The Kier molecular flexibility index (Phi) is 5.36. The SMILES string of the molecule is Cc1noc(C2CCN(C(=O)c3ccncc3)CCN2C(=O)C2CCCC2)n1. The van der Waals surface area contributed by atoms with Crippen LogP contribution in [-0.2, 0) is 4.79 Å². The van der Waals surface area contributed by atoms with Crippen LogP contribution in [0.2, 0.25) is 0 Å². The first kappa shape index (κ1) is 18.6. The first-order valence-electron chi connectivity index (χ1n) is 9.93. The topological polar surface area (TPSA) is 92.4 Å². The van der Waals surface area contributed by atoms with E-state index in [2.05, 4.69) is 15.1 Å². The number of carbonyl (C=O) groups is 2. The lowest BCUT2D eigenvalue weighted by Gasteiger charge is -2.29. The van der Waals surface area contributed by atoms with Crippen molar-refractivity contribution in [2.75, 3.05) is 19.6 Å². The van der Waals surface area contributed by atoms with Crippen LogP contribution < -0.4 is 0 Å². The summed E-state index contributed by atoms with van der Waals surface area (Å²) in [4.78, 5) is 38.1. The minimum absolute atomic E-state index is 0.0435. The van der Waals surface area contributed by atoms with Crippen molar-refractivity contribution >= 4 is 11.8 Å². The molecule has 0 spiro atoms. The van der Waals surface area contributed by atoms with E-state index in [9.17, 15) is 9.59 Å². The molecule has 1 aliphatic heterocycles. The van der Waals surface area contributed by atoms with Gasteiger partial charge in [-0.25, -0.2) is 0 Å². The van der Waals surface area contributed by atoms with Crippen molar-refractivity contribution in [3.05, 3.63) is 41.8 Å². The number of hydrogen-bond donors (Lipinski definition) is 0. The van der Waals surface area contributed by atoms with Gasteiger partial charge in [-0.2, -0.15) is 4.98 Å². The van der Waals surface area contributed by atoms with E-state index in [1.54, 1.807) is 36.4 Å². The Balaban J connectivity index is 1.56. The lowest BCUT2D eigenvalue weighted by atomic mass is 10.0. The zero-order chi connectivity index (χ0) is 19.5. The minimum Gasteiger partial charge on any atom is -0.337 e. The average molecular weight is 383 g/mol. The highest BCUT2D eigenvalue weighted by molar-refractivity contribution is 5.94. The number of pyridine rings is 1. The molecule has 1 aliphatic carbocycles. The fraction of sp³-hybridized carbons (Fsp3) is 0.550. The molecule has 3 heterocycles. The fourth-order valence-electron chi connectivity index (χ4n) is 4.19. The molecule has 148 valence electrons. The standard InChI is InChI=1S/C20H25N5O3/c1-14-22-18(28-23-14)17-8-11-24(19(26)16-6-9-21-10-7-16)12-13-25(17)20(27)15-4-2-3-5-15/h6-7,9-10,15,17H,2-5,8,11-13H2,1H3. The molecule has 0 radical (unpaired) electrons. The second-order valence-electron chi connectivity index (χ2n) is 7.53. The molecule has 2 aromatic heterocycles. The summed E-state index contributed by atoms with van der Waals surface area (Å²) in [6.45, 7) is 3.26. The van der Waals surface area contributed by atoms with E-state index in [-0.39, 0.29) is 23.8 Å². The van der Waals surface area contributed by atoms with Gasteiger partial charge < -0.3 is 14.3 Å². The molecule has 4 rings (SSSR count). The third-order valence-corrected chi connectivity index (χ3v) is 5.69. The molecule has 2 fully saturated rings. The van der Waals surface area contributed by atoms with E-state index in [1.807, 2.05) is 4.90 Å². The van der Waals surface area contributed by atoms with Crippen LogP contribution in [0.25, 0.3) is 0 Å². The summed E-state index contributed by atoms with van der Waals surface area (Å²) in [5, 5.41) is 3.90. The molecular weight excluding hydrogens is 358 g/mol. The molecular formula is C20H25N5O3. The van der Waals surface area contributed by atoms with Crippen LogP contribution in [0.3, 0.4) is 0 Å². The lowest BCUT2D eigenvalue weighted by Crippen LogP contribution is -2.41. The Morgan fingerprint density at radius 1 is 1.07 bits per heavy atom. The van der Waals surface area contributed by atoms with E-state index in [0.29, 0.717) is 43.3 Å². The van der Waals surface area contributed by atoms with Gasteiger partial charge in [0.05, 0.1) is 0 Å². The number of carbonyl (C=O) groups excluding carboxylic acids is 2. The van der Waals surface area contributed by atoms with Crippen molar-refractivity contribution in [1.29, 1.82) is 0 Å². The van der Waals surface area contributed by atoms with Gasteiger partial charge in [0.1, 0.15) is 6.04 Å². The Labute approximate surface area is 163 Å². The van der Waals surface area contributed by atoms with Crippen LogP contribution >= 0.6 is 0 Å². The molecule has 1 atom stereocenters. The zero-order valence-corrected chi connectivity index (χ0v) is 16.1. The maximum Gasteiger partial charge on any atom is 0.254 e. The predicted molar refractivity (Wildman–Crippen MR) is 100 cm³/mol. The van der Waals surface area contributed by atoms with Crippen molar-refractivity contribution in [1.82, 2.24) is 24.9 Å². The first-order valence-corrected chi connectivity index (χ1v) is 9.93. The van der Waals surface area contributed by atoms with Gasteiger partial charge in [0.15, 0.2) is 5.82 Å². The molecule has 8 nitrogen and oxygen atoms in total. The molecule has 2 aliphatic rings. The summed E-state index contributed by atoms with van der Waals surface area (Å²) in [7, 11) is 0. The average Bonchev–Trinajstić information content (AvgIpc) is 3.35. The molecule has 2 amide bonds. The third-order valence-electron chi connectivity index (χ3n) is 5.69. The monoisotopic (exact) mass is 383 g/mol. The second-order valence-corrected chi connectivity index (χ2v) is 7.53. The van der Waals surface area contributed by atoms with E-state index >= 15 is 0 Å². The molecule has 1 saturated heterocycles. The summed E-state index contributed by atoms with van der Waals surface area (Å²) < 4.78 is 5.42. The molecule has 1 saturated carbocycles. The van der Waals surface area contributed by atoms with Gasteiger partial charge in [-0.3, -0.25) is 14.6 Å². The summed E-state index contributed by atoms with van der Waals surface area (Å²) in [6, 6.07) is 3.14. The number of nitrogens with zero attached hydrogens (tertiary/aromatic N) is 5. The molecule has 2 aromatic rings. The van der Waals surface area contributed by atoms with Crippen LogP contribution in [-0.4, -0.2) is 56.4 Å².